The van der Waals surface area contributed by atoms with Crippen molar-refractivity contribution in [1.29, 1.82) is 0 Å². The molecular weight excluding hydrogens is 466 g/mol. The number of anilines is 1. The zero-order valence-corrected chi connectivity index (χ0v) is 20.0. The Hall–Kier alpha value is -2.76. The highest BCUT2D eigenvalue weighted by Gasteiger charge is 2.48. The molecule has 1 aliphatic heterocycles. The van der Waals surface area contributed by atoms with Crippen molar-refractivity contribution in [3.63, 3.8) is 0 Å². The van der Waals surface area contributed by atoms with Gasteiger partial charge in [0.1, 0.15) is 17.2 Å². The first-order valence-electron chi connectivity index (χ1n) is 10.4. The number of hydrogen-bond donors (Lipinski definition) is 3. The molecule has 4 rings (SSSR count). The molecule has 2 aromatic carbocycles. The van der Waals surface area contributed by atoms with Gasteiger partial charge in [0.25, 0.3) is 0 Å². The Balaban J connectivity index is 1.74. The van der Waals surface area contributed by atoms with Crippen molar-refractivity contribution in [2.24, 2.45) is 0 Å². The number of rotatable bonds is 5. The van der Waals surface area contributed by atoms with Crippen LogP contribution in [0.3, 0.4) is 0 Å². The Labute approximate surface area is 195 Å². The first-order chi connectivity index (χ1) is 15.5. The normalized spacial score (nSPS) is 18.9. The maximum absolute atomic E-state index is 13.5. The van der Waals surface area contributed by atoms with Crippen LogP contribution in [0, 0.1) is 0 Å². The number of sulfonamides is 1. The minimum atomic E-state index is -4.06. The Morgan fingerprint density at radius 2 is 1.94 bits per heavy atom. The van der Waals surface area contributed by atoms with Crippen molar-refractivity contribution in [2.45, 2.75) is 36.5 Å². The number of thioether (sulfide) groups is 1. The summed E-state index contributed by atoms with van der Waals surface area (Å²) in [5, 5.41) is 16.4. The molecule has 0 radical (unpaired) electrons. The zero-order valence-electron chi connectivity index (χ0n) is 18.4. The number of nitrogens with one attached hydrogen (secondary N) is 2. The van der Waals surface area contributed by atoms with Crippen LogP contribution < -0.4 is 10.6 Å². The average Bonchev–Trinajstić information content (AvgIpc) is 3.09. The van der Waals surface area contributed by atoms with Crippen LogP contribution in [-0.4, -0.2) is 59.5 Å². The molecular formula is C22H25N3O6S2. The monoisotopic (exact) mass is 491 g/mol. The van der Waals surface area contributed by atoms with E-state index in [2.05, 4.69) is 10.6 Å². The highest BCUT2D eigenvalue weighted by Crippen LogP contribution is 2.39. The number of nitrogens with zero attached hydrogens (tertiary/aromatic N) is 1. The standard InChI is InChI=1S/C22H25N3O6S2/c1-4-23-21(28)24-13-5-7-15-16-12-14(6-8-17(16)31-18(15)11-13)33(29,30)25-9-10-32-22(2,3)19(25)20(26)27/h5-8,11-12,19H,4,9-10H2,1-3H3,(H,26,27)(H2,23,24,28)/t19-/m0/s1. The first kappa shape index (κ1) is 23.4. The van der Waals surface area contributed by atoms with E-state index in [9.17, 15) is 23.1 Å². The molecule has 1 saturated heterocycles. The van der Waals surface area contributed by atoms with Crippen LogP contribution in [-0.2, 0) is 14.8 Å². The van der Waals surface area contributed by atoms with Gasteiger partial charge in [0.15, 0.2) is 0 Å². The largest absolute Gasteiger partial charge is 0.480 e. The van der Waals surface area contributed by atoms with E-state index in [1.54, 1.807) is 38.1 Å². The van der Waals surface area contributed by atoms with Gasteiger partial charge in [-0.3, -0.25) is 4.79 Å². The smallest absolute Gasteiger partial charge is 0.323 e. The number of amides is 2. The Morgan fingerprint density at radius 1 is 1.18 bits per heavy atom. The molecule has 1 atom stereocenters. The summed E-state index contributed by atoms with van der Waals surface area (Å²) >= 11 is 1.45. The molecule has 1 fully saturated rings. The molecule has 2 heterocycles. The fourth-order valence-corrected chi connectivity index (χ4v) is 7.22. The number of hydrogen-bond acceptors (Lipinski definition) is 6. The number of benzene rings is 2. The number of carboxylic acids is 1. The van der Waals surface area contributed by atoms with E-state index in [0.29, 0.717) is 39.9 Å². The molecule has 3 aromatic rings. The molecule has 3 N–H and O–H groups in total. The van der Waals surface area contributed by atoms with E-state index < -0.39 is 26.8 Å². The molecule has 33 heavy (non-hydrogen) atoms. The molecule has 0 spiro atoms. The number of fused-ring (bicyclic) bond motifs is 3. The van der Waals surface area contributed by atoms with Crippen LogP contribution in [0.25, 0.3) is 21.9 Å². The number of carboxylic acid groups (broad SMARTS) is 1. The number of aliphatic carboxylic acids is 1. The zero-order chi connectivity index (χ0) is 24.0. The Bertz CT molecular complexity index is 1350. The second-order valence-electron chi connectivity index (χ2n) is 8.26. The molecule has 0 aliphatic carbocycles. The average molecular weight is 492 g/mol. The van der Waals surface area contributed by atoms with Gasteiger partial charge in [-0.25, -0.2) is 13.2 Å². The van der Waals surface area contributed by atoms with Crippen LogP contribution in [0.2, 0.25) is 0 Å². The first-order valence-corrected chi connectivity index (χ1v) is 12.9. The van der Waals surface area contributed by atoms with Crippen molar-refractivity contribution in [3.8, 4) is 0 Å². The lowest BCUT2D eigenvalue weighted by Crippen LogP contribution is -2.58. The maximum atomic E-state index is 13.5. The minimum absolute atomic E-state index is 0.0103. The Morgan fingerprint density at radius 3 is 2.64 bits per heavy atom. The van der Waals surface area contributed by atoms with Crippen molar-refractivity contribution in [3.05, 3.63) is 36.4 Å². The van der Waals surface area contributed by atoms with Gasteiger partial charge in [-0.05, 0) is 51.1 Å². The van der Waals surface area contributed by atoms with Gasteiger partial charge >= 0.3 is 12.0 Å². The molecule has 176 valence electrons. The molecule has 1 aliphatic rings. The lowest BCUT2D eigenvalue weighted by atomic mass is 10.0. The van der Waals surface area contributed by atoms with Crippen LogP contribution >= 0.6 is 11.8 Å². The fraction of sp³-hybridized carbons (Fsp3) is 0.364. The third-order valence-electron chi connectivity index (χ3n) is 5.61. The number of carbonyl (C=O) groups is 2. The third kappa shape index (κ3) is 4.28. The van der Waals surface area contributed by atoms with E-state index >= 15 is 0 Å². The van der Waals surface area contributed by atoms with Gasteiger partial charge in [0.2, 0.25) is 10.0 Å². The van der Waals surface area contributed by atoms with Crippen LogP contribution in [0.15, 0.2) is 45.7 Å². The van der Waals surface area contributed by atoms with Crippen LogP contribution in [0.5, 0.6) is 0 Å². The number of carbonyl (C=O) groups excluding carboxylic acids is 1. The van der Waals surface area contributed by atoms with Gasteiger partial charge in [0, 0.05) is 46.1 Å². The summed E-state index contributed by atoms with van der Waals surface area (Å²) in [5.41, 5.74) is 1.52. The quantitative estimate of drug-likeness (QED) is 0.496. The van der Waals surface area contributed by atoms with Crippen LogP contribution in [0.1, 0.15) is 20.8 Å². The van der Waals surface area contributed by atoms with Crippen molar-refractivity contribution in [2.75, 3.05) is 24.2 Å². The molecule has 11 heteroatoms. The van der Waals surface area contributed by atoms with Crippen LogP contribution in [0.4, 0.5) is 10.5 Å². The highest BCUT2D eigenvalue weighted by molar-refractivity contribution is 8.00. The molecule has 1 aromatic heterocycles. The van der Waals surface area contributed by atoms with Gasteiger partial charge < -0.3 is 20.2 Å². The van der Waals surface area contributed by atoms with Gasteiger partial charge in [0.05, 0.1) is 4.90 Å². The summed E-state index contributed by atoms with van der Waals surface area (Å²) in [4.78, 5) is 23.8. The van der Waals surface area contributed by atoms with Crippen molar-refractivity contribution >= 4 is 61.4 Å². The Kier molecular flexibility index (Phi) is 6.06. The lowest BCUT2D eigenvalue weighted by molar-refractivity contribution is -0.142. The summed E-state index contributed by atoms with van der Waals surface area (Å²) in [7, 11) is -4.06. The summed E-state index contributed by atoms with van der Waals surface area (Å²) < 4.78 is 33.2. The third-order valence-corrected chi connectivity index (χ3v) is 8.83. The van der Waals surface area contributed by atoms with Gasteiger partial charge in [-0.15, -0.1) is 0 Å². The SMILES string of the molecule is CCNC(=O)Nc1ccc2c(c1)oc1ccc(S(=O)(=O)N3CCSC(C)(C)[C@@H]3C(=O)O)cc12. The predicted octanol–water partition coefficient (Wildman–Crippen LogP) is 3.70. The maximum Gasteiger partial charge on any atom is 0.323 e. The molecule has 0 unspecified atom stereocenters. The minimum Gasteiger partial charge on any atom is -0.480 e. The van der Waals surface area contributed by atoms with E-state index in [1.807, 2.05) is 6.92 Å². The molecule has 9 nitrogen and oxygen atoms in total. The molecule has 0 bridgehead atoms. The van der Waals surface area contributed by atoms with Crippen molar-refractivity contribution < 1.29 is 27.5 Å². The second-order valence-corrected chi connectivity index (χ2v) is 11.9. The topological polar surface area (TPSA) is 129 Å². The number of urea groups is 1. The van der Waals surface area contributed by atoms with Crippen molar-refractivity contribution in [1.82, 2.24) is 9.62 Å². The predicted molar refractivity (Wildman–Crippen MR) is 128 cm³/mol. The summed E-state index contributed by atoms with van der Waals surface area (Å²) in [6, 6.07) is 8.13. The summed E-state index contributed by atoms with van der Waals surface area (Å²) in [6.07, 6.45) is 0. The summed E-state index contributed by atoms with van der Waals surface area (Å²) in [6.45, 7) is 5.92. The van der Waals surface area contributed by atoms with E-state index in [0.717, 1.165) is 4.31 Å². The van der Waals surface area contributed by atoms with Gasteiger partial charge in [-0.2, -0.15) is 16.1 Å². The highest BCUT2D eigenvalue weighted by atomic mass is 32.2. The van der Waals surface area contributed by atoms with E-state index in [-0.39, 0.29) is 17.5 Å². The van der Waals surface area contributed by atoms with E-state index in [4.69, 9.17) is 4.42 Å². The molecule has 0 saturated carbocycles. The lowest BCUT2D eigenvalue weighted by Gasteiger charge is -2.42. The fourth-order valence-electron chi connectivity index (χ4n) is 4.10. The van der Waals surface area contributed by atoms with E-state index in [1.165, 1.54) is 23.9 Å². The van der Waals surface area contributed by atoms with Gasteiger partial charge in [-0.1, -0.05) is 0 Å². The summed E-state index contributed by atoms with van der Waals surface area (Å²) in [5.74, 6) is -0.661. The number of furan rings is 1. The molecule has 2 amide bonds. The second kappa shape index (κ2) is 8.54.